The van der Waals surface area contributed by atoms with Gasteiger partial charge in [0.15, 0.2) is 8.32 Å². The maximum atomic E-state index is 13.6. The third-order valence-corrected chi connectivity index (χ3v) is 18.9. The number of ether oxygens (including phenoxy) is 2. The van der Waals surface area contributed by atoms with E-state index in [1.165, 1.54) is 10.8 Å². The van der Waals surface area contributed by atoms with Crippen molar-refractivity contribution < 1.29 is 33.5 Å². The lowest BCUT2D eigenvalue weighted by atomic mass is 9.89. The highest BCUT2D eigenvalue weighted by molar-refractivity contribution is 7.50. The number of aromatic amines is 1. The van der Waals surface area contributed by atoms with Crippen LogP contribution in [0.1, 0.15) is 140 Å². The van der Waals surface area contributed by atoms with Gasteiger partial charge in [-0.15, -0.1) is 0 Å². The van der Waals surface area contributed by atoms with Crippen molar-refractivity contribution in [2.45, 2.75) is 161 Å². The third kappa shape index (κ3) is 17.6. The zero-order valence-electron chi connectivity index (χ0n) is 42.3. The molecule has 0 saturated carbocycles. The Hall–Kier alpha value is -4.64. The number of unbranched alkanes of at least 4 members (excludes halogenated alkanes) is 2. The molecule has 0 radical (unpaired) electrons. The van der Waals surface area contributed by atoms with Gasteiger partial charge in [0.1, 0.15) is 14.4 Å². The Balaban J connectivity index is 1.31. The molecule has 0 spiro atoms. The number of aliphatic hydroxyl groups excluding tert-OH is 1. The molecular formula is C52H77N6O9PSi. The fourth-order valence-corrected chi connectivity index (χ4v) is 11.7. The van der Waals surface area contributed by atoms with Crippen LogP contribution in [0.3, 0.4) is 0 Å². The van der Waals surface area contributed by atoms with Crippen LogP contribution >= 0.6 is 8.30 Å². The van der Waals surface area contributed by atoms with Crippen molar-refractivity contribution in [2.75, 3.05) is 32.5 Å². The van der Waals surface area contributed by atoms with E-state index >= 15 is 0 Å². The van der Waals surface area contributed by atoms with Gasteiger partial charge in [-0.3, -0.25) is 19.2 Å². The number of aromatic nitrogens is 2. The van der Waals surface area contributed by atoms with Crippen LogP contribution < -0.4 is 21.9 Å². The van der Waals surface area contributed by atoms with Gasteiger partial charge < -0.3 is 39.1 Å². The highest BCUT2D eigenvalue weighted by atomic mass is 31.2. The van der Waals surface area contributed by atoms with Gasteiger partial charge in [-0.25, -0.2) is 9.59 Å². The molecule has 2 amide bonds. The molecule has 3 aromatic rings. The van der Waals surface area contributed by atoms with Crippen LogP contribution in [0.4, 0.5) is 4.79 Å². The highest BCUT2D eigenvalue weighted by Crippen LogP contribution is 2.47. The van der Waals surface area contributed by atoms with Crippen molar-refractivity contribution in [2.24, 2.45) is 5.92 Å². The first-order valence-electron chi connectivity index (χ1n) is 24.5. The number of aliphatic hydroxyl groups is 1. The zero-order chi connectivity index (χ0) is 50.7. The van der Waals surface area contributed by atoms with Crippen molar-refractivity contribution in [1.82, 2.24) is 24.9 Å². The number of nitrogens with zero attached hydrogens (tertiary/aromatic N) is 3. The molecule has 5 atom stereocenters. The molecule has 15 nitrogen and oxygen atoms in total. The number of aryl methyl sites for hydroxylation is 1. The standard InChI is InChI=1S/C52H77N6O9PSi/c1-37(2)58(38(3)4)68(65-31-17-27-53)32-26-43(36-59)66-48(39(5)34-52(6,7)69(8,9)64)45-35-57(50(62)56-49(45)61)30-18-29-54-47(60)23-11-10-16-28-55-51(63)67-46-33-42-21-13-12-19-40(42)24-25-41-20-14-15-22-44(41)46/h12-15,19-22,35,37-39,43,46,48,59,64H,10-11,16-18,23,26,28-34,36H2,1-9H3,(H,54,60)(H,55,63)(H,56,61,62)/t39-,43+,46?,48-,68?/m1/s1. The normalized spacial score (nSPS) is 15.4. The Bertz CT molecular complexity index is 2340. The first kappa shape index (κ1) is 56.9. The number of carbonyl (C=O) groups excluding carboxylic acids is 2. The van der Waals surface area contributed by atoms with Crippen molar-refractivity contribution in [3.05, 3.63) is 103 Å². The average Bonchev–Trinajstić information content (AvgIpc) is 3.28. The van der Waals surface area contributed by atoms with Crippen LogP contribution in [0.2, 0.25) is 18.1 Å². The summed E-state index contributed by atoms with van der Waals surface area (Å²) in [5, 5.41) is 25.2. The zero-order valence-corrected chi connectivity index (χ0v) is 44.2. The molecule has 0 fully saturated rings. The van der Waals surface area contributed by atoms with E-state index in [4.69, 9.17) is 14.0 Å². The number of fused-ring (bicyclic) bond motifs is 2. The largest absolute Gasteiger partial charge is 0.441 e. The number of hydrogen-bond acceptors (Lipinski definition) is 11. The summed E-state index contributed by atoms with van der Waals surface area (Å²) in [7, 11) is -3.82. The minimum atomic E-state index is -2.68. The van der Waals surface area contributed by atoms with E-state index in [2.05, 4.69) is 65.9 Å². The van der Waals surface area contributed by atoms with Crippen molar-refractivity contribution in [3.63, 3.8) is 0 Å². The van der Waals surface area contributed by atoms with Gasteiger partial charge in [0.05, 0.1) is 43.5 Å². The van der Waals surface area contributed by atoms with Gasteiger partial charge in [0.2, 0.25) is 5.91 Å². The summed E-state index contributed by atoms with van der Waals surface area (Å²) >= 11 is 0. The molecule has 2 unspecified atom stereocenters. The fourth-order valence-electron chi connectivity index (χ4n) is 8.57. The molecule has 17 heteroatoms. The van der Waals surface area contributed by atoms with Gasteiger partial charge in [0, 0.05) is 73.6 Å². The summed E-state index contributed by atoms with van der Waals surface area (Å²) < 4.78 is 22.6. The lowest BCUT2D eigenvalue weighted by molar-refractivity contribution is -0.121. The quantitative estimate of drug-likeness (QED) is 0.0203. The SMILES string of the molecule is CC(C)N(C(C)C)P(CC[C@@H](CO)O[C@@H](c1cn(CCCNC(=O)CCCCCNC(=O)OC2Cc3ccccc3C#Cc3ccccc32)c(=O)[nH]c1=O)[C@H](C)CC(C)(C)[Si](C)(C)O)OCCC#N. The van der Waals surface area contributed by atoms with Crippen molar-refractivity contribution in [3.8, 4) is 17.9 Å². The second-order valence-corrected chi connectivity index (χ2v) is 26.1. The molecule has 2 aromatic carbocycles. The number of alkyl carbamates (subject to hydrolysis) is 1. The lowest BCUT2D eigenvalue weighted by Gasteiger charge is -2.40. The summed E-state index contributed by atoms with van der Waals surface area (Å²) in [5.41, 5.74) is 2.71. The Labute approximate surface area is 411 Å². The molecule has 378 valence electrons. The molecule has 4 rings (SSSR count). The number of nitriles is 1. The van der Waals surface area contributed by atoms with Crippen LogP contribution in [0, 0.1) is 29.1 Å². The molecule has 1 heterocycles. The second kappa shape index (κ2) is 27.7. The third-order valence-electron chi connectivity index (χ3n) is 12.9. The Morgan fingerprint density at radius 1 is 0.986 bits per heavy atom. The average molecular weight is 989 g/mol. The number of rotatable bonds is 28. The van der Waals surface area contributed by atoms with Crippen LogP contribution in [-0.4, -0.2) is 95.1 Å². The number of amides is 2. The highest BCUT2D eigenvalue weighted by Gasteiger charge is 2.41. The summed E-state index contributed by atoms with van der Waals surface area (Å²) in [6.45, 7) is 19.1. The van der Waals surface area contributed by atoms with E-state index < -0.39 is 57.3 Å². The summed E-state index contributed by atoms with van der Waals surface area (Å²) in [4.78, 5) is 66.1. The monoisotopic (exact) mass is 989 g/mol. The Morgan fingerprint density at radius 3 is 2.33 bits per heavy atom. The number of hydrogen-bond donors (Lipinski definition) is 5. The Kier molecular flexibility index (Phi) is 22.8. The second-order valence-electron chi connectivity index (χ2n) is 19.7. The molecule has 1 aliphatic carbocycles. The van der Waals surface area contributed by atoms with E-state index in [0.717, 1.165) is 28.7 Å². The van der Waals surface area contributed by atoms with Crippen LogP contribution in [-0.2, 0) is 31.8 Å². The summed E-state index contributed by atoms with van der Waals surface area (Å²) in [5.74, 6) is 6.04. The van der Waals surface area contributed by atoms with E-state index in [1.54, 1.807) is 0 Å². The van der Waals surface area contributed by atoms with Crippen molar-refractivity contribution >= 4 is 28.6 Å². The number of nitrogens with one attached hydrogen (secondary N) is 3. The lowest BCUT2D eigenvalue weighted by Crippen LogP contribution is -2.42. The van der Waals surface area contributed by atoms with E-state index in [0.29, 0.717) is 70.8 Å². The van der Waals surface area contributed by atoms with Crippen LogP contribution in [0.15, 0.2) is 64.3 Å². The molecular weight excluding hydrogens is 912 g/mol. The molecule has 0 bridgehead atoms. The number of H-pyrrole nitrogens is 1. The molecule has 1 aromatic heterocycles. The van der Waals surface area contributed by atoms with E-state index in [1.807, 2.05) is 82.4 Å². The summed E-state index contributed by atoms with van der Waals surface area (Å²) in [6, 6.07) is 18.1. The minimum absolute atomic E-state index is 0.123. The topological polar surface area (TPSA) is 208 Å². The Morgan fingerprint density at radius 2 is 1.65 bits per heavy atom. The predicted octanol–water partition coefficient (Wildman–Crippen LogP) is 8.20. The van der Waals surface area contributed by atoms with Gasteiger partial charge in [-0.2, -0.15) is 5.26 Å². The maximum absolute atomic E-state index is 13.6. The molecule has 5 N–H and O–H groups in total. The fraction of sp³-hybridized carbons (Fsp3) is 0.596. The van der Waals surface area contributed by atoms with Crippen molar-refractivity contribution in [1.29, 1.82) is 5.26 Å². The molecule has 1 aliphatic rings. The number of carbonyl (C=O) groups is 2. The smallest absolute Gasteiger partial charge is 0.407 e. The number of benzene rings is 2. The summed E-state index contributed by atoms with van der Waals surface area (Å²) in [6.07, 6.45) is 4.04. The van der Waals surface area contributed by atoms with Gasteiger partial charge >= 0.3 is 11.8 Å². The predicted molar refractivity (Wildman–Crippen MR) is 274 cm³/mol. The van der Waals surface area contributed by atoms with E-state index in [9.17, 15) is 34.3 Å². The van der Waals surface area contributed by atoms with Gasteiger partial charge in [-0.05, 0) is 102 Å². The first-order valence-corrected chi connectivity index (χ1v) is 28.9. The van der Waals surface area contributed by atoms with Gasteiger partial charge in [0.25, 0.3) is 5.56 Å². The van der Waals surface area contributed by atoms with Crippen LogP contribution in [0.25, 0.3) is 0 Å². The molecule has 0 aliphatic heterocycles. The molecule has 0 saturated heterocycles. The first-order chi connectivity index (χ1) is 32.8. The van der Waals surface area contributed by atoms with Crippen LogP contribution in [0.5, 0.6) is 0 Å². The van der Waals surface area contributed by atoms with E-state index in [-0.39, 0.29) is 49.0 Å². The van der Waals surface area contributed by atoms with Gasteiger partial charge in [-0.1, -0.05) is 75.4 Å². The minimum Gasteiger partial charge on any atom is -0.441 e. The molecule has 69 heavy (non-hydrogen) atoms. The maximum Gasteiger partial charge on any atom is 0.407 e.